The van der Waals surface area contributed by atoms with E-state index in [1.165, 1.54) is 30.3 Å². The van der Waals surface area contributed by atoms with Gasteiger partial charge < -0.3 is 21.9 Å². The zero-order valence-corrected chi connectivity index (χ0v) is 15.1. The molecular weight excluding hydrogens is 362 g/mol. The number of hydrogen-bond acceptors (Lipinski definition) is 4. The van der Waals surface area contributed by atoms with Crippen LogP contribution in [0.15, 0.2) is 53.8 Å². The fraction of sp³-hybridized carbons (Fsp3) is 0.368. The van der Waals surface area contributed by atoms with Gasteiger partial charge in [-0.15, -0.1) is 0 Å². The first-order chi connectivity index (χ1) is 12.3. The lowest BCUT2D eigenvalue weighted by Gasteiger charge is -2.31. The van der Waals surface area contributed by atoms with Gasteiger partial charge in [0.2, 0.25) is 0 Å². The Hall–Kier alpha value is -2.16. The minimum atomic E-state index is -4.94. The van der Waals surface area contributed by atoms with Gasteiger partial charge in [-0.25, -0.2) is 4.39 Å². The first-order valence-electron chi connectivity index (χ1n) is 8.24. The Balaban J connectivity index is 2.56. The number of benzene rings is 1. The van der Waals surface area contributed by atoms with Crippen LogP contribution in [0.2, 0.25) is 0 Å². The predicted molar refractivity (Wildman–Crippen MR) is 96.9 cm³/mol. The second-order valence-corrected chi connectivity index (χ2v) is 6.93. The molecule has 0 saturated heterocycles. The molecule has 1 aliphatic rings. The van der Waals surface area contributed by atoms with Crippen molar-refractivity contribution in [3.05, 3.63) is 65.1 Å². The van der Waals surface area contributed by atoms with Gasteiger partial charge in [-0.1, -0.05) is 24.8 Å². The van der Waals surface area contributed by atoms with Gasteiger partial charge in [0.15, 0.2) is 5.60 Å². The summed E-state index contributed by atoms with van der Waals surface area (Å²) < 4.78 is 53.0. The lowest BCUT2D eigenvalue weighted by Crippen LogP contribution is -2.52. The molecule has 4 nitrogen and oxygen atoms in total. The molecule has 0 fully saturated rings. The molecule has 2 atom stereocenters. The maximum atomic E-state index is 13.3. The van der Waals surface area contributed by atoms with E-state index in [-0.39, 0.29) is 12.1 Å². The second kappa shape index (κ2) is 7.10. The Morgan fingerprint density at radius 1 is 1.33 bits per heavy atom. The van der Waals surface area contributed by atoms with Crippen molar-refractivity contribution in [3.8, 4) is 0 Å². The average molecular weight is 385 g/mol. The van der Waals surface area contributed by atoms with Gasteiger partial charge in [-0.2, -0.15) is 13.2 Å². The molecule has 0 aromatic heterocycles. The van der Waals surface area contributed by atoms with E-state index in [0.717, 1.165) is 6.92 Å². The van der Waals surface area contributed by atoms with E-state index in [1.807, 2.05) is 0 Å². The van der Waals surface area contributed by atoms with Crippen LogP contribution in [-0.2, 0) is 0 Å². The normalized spacial score (nSPS) is 23.2. The number of aliphatic hydroxyl groups is 1. The van der Waals surface area contributed by atoms with E-state index < -0.39 is 29.7 Å². The number of rotatable bonds is 5. The summed E-state index contributed by atoms with van der Waals surface area (Å²) in [5, 5.41) is 13.1. The molecule has 2 unspecified atom stereocenters. The Morgan fingerprint density at radius 2 is 1.89 bits per heavy atom. The molecular formula is C19H23F4N3O. The largest absolute Gasteiger partial charge is 0.422 e. The summed E-state index contributed by atoms with van der Waals surface area (Å²) in [6.45, 7) is 6.00. The minimum Gasteiger partial charge on any atom is -0.382 e. The summed E-state index contributed by atoms with van der Waals surface area (Å²) in [6.07, 6.45) is -3.74. The number of allylic oxidation sites excluding steroid dienone is 1. The van der Waals surface area contributed by atoms with Crippen molar-refractivity contribution in [3.63, 3.8) is 0 Å². The summed E-state index contributed by atoms with van der Waals surface area (Å²) in [6, 6.07) is 5.54. The third-order valence-corrected chi connectivity index (χ3v) is 4.79. The van der Waals surface area contributed by atoms with Crippen molar-refractivity contribution in [1.29, 1.82) is 0 Å². The maximum absolute atomic E-state index is 13.3. The number of halogens is 4. The summed E-state index contributed by atoms with van der Waals surface area (Å²) in [5.74, 6) is -0.419. The SMILES string of the molecule is C=C(C1=C(/C=C(\C)C(O)(CN)C(F)(F)F)C(C)(N)CN1)c1ccc(F)cc1. The minimum absolute atomic E-state index is 0.259. The molecule has 0 bridgehead atoms. The highest BCUT2D eigenvalue weighted by Crippen LogP contribution is 2.38. The van der Waals surface area contributed by atoms with Crippen molar-refractivity contribution in [2.75, 3.05) is 13.1 Å². The molecule has 1 aromatic carbocycles. The van der Waals surface area contributed by atoms with Gasteiger partial charge in [0.1, 0.15) is 5.82 Å². The molecule has 0 aliphatic carbocycles. The molecule has 0 spiro atoms. The molecule has 6 N–H and O–H groups in total. The molecule has 0 amide bonds. The van der Waals surface area contributed by atoms with Crippen LogP contribution in [0.5, 0.6) is 0 Å². The zero-order chi connectivity index (χ0) is 20.6. The predicted octanol–water partition coefficient (Wildman–Crippen LogP) is 2.61. The Morgan fingerprint density at radius 3 is 2.37 bits per heavy atom. The summed E-state index contributed by atoms with van der Waals surface area (Å²) in [4.78, 5) is 0. The van der Waals surface area contributed by atoms with Crippen LogP contribution in [0, 0.1) is 5.82 Å². The molecule has 0 saturated carbocycles. The first kappa shape index (κ1) is 21.1. The van der Waals surface area contributed by atoms with Crippen molar-refractivity contribution in [2.45, 2.75) is 31.2 Å². The number of nitrogens with one attached hydrogen (secondary N) is 1. The molecule has 8 heteroatoms. The van der Waals surface area contributed by atoms with Crippen LogP contribution >= 0.6 is 0 Å². The van der Waals surface area contributed by atoms with Crippen LogP contribution in [0.3, 0.4) is 0 Å². The van der Waals surface area contributed by atoms with Gasteiger partial charge in [-0.3, -0.25) is 0 Å². The van der Waals surface area contributed by atoms with Crippen molar-refractivity contribution in [1.82, 2.24) is 5.32 Å². The Bertz CT molecular complexity index is 794. The van der Waals surface area contributed by atoms with Gasteiger partial charge in [0.25, 0.3) is 0 Å². The topological polar surface area (TPSA) is 84.3 Å². The quantitative estimate of drug-likeness (QED) is 0.587. The highest BCUT2D eigenvalue weighted by atomic mass is 19.4. The smallest absolute Gasteiger partial charge is 0.382 e. The van der Waals surface area contributed by atoms with Crippen LogP contribution in [0.4, 0.5) is 17.6 Å². The van der Waals surface area contributed by atoms with E-state index in [1.54, 1.807) is 6.92 Å². The lowest BCUT2D eigenvalue weighted by molar-refractivity contribution is -0.239. The van der Waals surface area contributed by atoms with Crippen LogP contribution in [0.1, 0.15) is 19.4 Å². The molecule has 1 aromatic rings. The molecule has 27 heavy (non-hydrogen) atoms. The van der Waals surface area contributed by atoms with Crippen molar-refractivity contribution < 1.29 is 22.7 Å². The zero-order valence-electron chi connectivity index (χ0n) is 15.1. The summed E-state index contributed by atoms with van der Waals surface area (Å²) in [7, 11) is 0. The molecule has 2 rings (SSSR count). The Kier molecular flexibility index (Phi) is 5.56. The van der Waals surface area contributed by atoms with Crippen LogP contribution in [-0.4, -0.2) is 35.5 Å². The monoisotopic (exact) mass is 385 g/mol. The van der Waals surface area contributed by atoms with E-state index in [4.69, 9.17) is 11.5 Å². The first-order valence-corrected chi connectivity index (χ1v) is 8.24. The highest BCUT2D eigenvalue weighted by molar-refractivity contribution is 5.80. The van der Waals surface area contributed by atoms with Gasteiger partial charge in [0, 0.05) is 18.8 Å². The molecule has 0 radical (unpaired) electrons. The van der Waals surface area contributed by atoms with Gasteiger partial charge in [-0.05, 0) is 48.3 Å². The van der Waals surface area contributed by atoms with E-state index in [9.17, 15) is 22.7 Å². The maximum Gasteiger partial charge on any atom is 0.422 e. The second-order valence-electron chi connectivity index (χ2n) is 6.93. The van der Waals surface area contributed by atoms with Crippen molar-refractivity contribution in [2.24, 2.45) is 11.5 Å². The average Bonchev–Trinajstić information content (AvgIpc) is 2.87. The summed E-state index contributed by atoms with van der Waals surface area (Å²) >= 11 is 0. The number of nitrogens with two attached hydrogens (primary N) is 2. The van der Waals surface area contributed by atoms with E-state index >= 15 is 0 Å². The fourth-order valence-corrected chi connectivity index (χ4v) is 2.89. The Labute approximate surface area is 155 Å². The van der Waals surface area contributed by atoms with Crippen LogP contribution < -0.4 is 16.8 Å². The lowest BCUT2D eigenvalue weighted by atomic mass is 9.86. The fourth-order valence-electron chi connectivity index (χ4n) is 2.89. The third-order valence-electron chi connectivity index (χ3n) is 4.79. The van der Waals surface area contributed by atoms with E-state index in [0.29, 0.717) is 22.4 Å². The van der Waals surface area contributed by atoms with Crippen LogP contribution in [0.25, 0.3) is 5.57 Å². The van der Waals surface area contributed by atoms with Gasteiger partial charge >= 0.3 is 6.18 Å². The number of alkyl halides is 3. The van der Waals surface area contributed by atoms with Crippen molar-refractivity contribution >= 4 is 5.57 Å². The third kappa shape index (κ3) is 3.92. The molecule has 1 aliphatic heterocycles. The standard InChI is InChI=1S/C19H23F4N3O/c1-11(18(27,9-24)19(21,22)23)8-15-16(26-10-17(15,3)25)12(2)13-4-6-14(20)7-5-13/h4-8,26-27H,2,9-10,24-25H2,1,3H3/b11-8+. The molecule has 1 heterocycles. The highest BCUT2D eigenvalue weighted by Gasteiger charge is 2.54. The van der Waals surface area contributed by atoms with Gasteiger partial charge in [0.05, 0.1) is 5.54 Å². The molecule has 148 valence electrons. The van der Waals surface area contributed by atoms with E-state index in [2.05, 4.69) is 11.9 Å². The summed E-state index contributed by atoms with van der Waals surface area (Å²) in [5.41, 5.74) is 8.73. The number of hydrogen-bond donors (Lipinski definition) is 4.